The number of para-hydroxylation sites is 1. The minimum absolute atomic E-state index is 0.00410. The van der Waals surface area contributed by atoms with Gasteiger partial charge in [0.25, 0.3) is 5.91 Å². The first kappa shape index (κ1) is 20.6. The van der Waals surface area contributed by atoms with Gasteiger partial charge in [0, 0.05) is 29.9 Å². The molecule has 6 nitrogen and oxygen atoms in total. The topological polar surface area (TPSA) is 65.6 Å². The zero-order chi connectivity index (χ0) is 22.6. The number of hydrogen-bond acceptors (Lipinski definition) is 3. The Morgan fingerprint density at radius 2 is 1.84 bits per heavy atom. The first-order valence-corrected chi connectivity index (χ1v) is 11.2. The molecule has 3 aromatic rings. The van der Waals surface area contributed by atoms with E-state index >= 15 is 0 Å². The molecular weight excluding hydrogens is 402 g/mol. The summed E-state index contributed by atoms with van der Waals surface area (Å²) in [6, 6.07) is 16.2. The van der Waals surface area contributed by atoms with Crippen molar-refractivity contribution in [2.75, 3.05) is 26.7 Å². The number of piperazine rings is 1. The van der Waals surface area contributed by atoms with Crippen LogP contribution in [-0.2, 0) is 15.1 Å². The summed E-state index contributed by atoms with van der Waals surface area (Å²) in [6.07, 6.45) is 0. The van der Waals surface area contributed by atoms with Crippen LogP contribution in [0.15, 0.2) is 48.5 Å². The van der Waals surface area contributed by atoms with Crippen LogP contribution in [0.4, 0.5) is 0 Å². The van der Waals surface area contributed by atoms with Gasteiger partial charge in [-0.25, -0.2) is 0 Å². The molecule has 2 aliphatic heterocycles. The fraction of sp³-hybridized carbons (Fsp3) is 0.385. The van der Waals surface area contributed by atoms with E-state index in [0.29, 0.717) is 19.0 Å². The second-order valence-corrected chi connectivity index (χ2v) is 9.44. The smallest absolute Gasteiger partial charge is 0.254 e. The molecule has 2 aliphatic rings. The van der Waals surface area contributed by atoms with E-state index in [9.17, 15) is 9.59 Å². The van der Waals surface area contributed by atoms with Crippen LogP contribution in [0.2, 0.25) is 0 Å². The van der Waals surface area contributed by atoms with E-state index in [1.165, 1.54) is 0 Å². The number of fused-ring (bicyclic) bond motifs is 5. The Labute approximate surface area is 188 Å². The summed E-state index contributed by atoms with van der Waals surface area (Å²) >= 11 is 0. The van der Waals surface area contributed by atoms with Gasteiger partial charge in [-0.2, -0.15) is 0 Å². The predicted molar refractivity (Wildman–Crippen MR) is 124 cm³/mol. The standard InChI is InChI=1S/C26H29N3O3/c1-16(2)13-28-15-22(30)29-14-20(17-9-11-18(32-4)12-10-17)23-19-7-5-6-8-21(19)27-24(23)26(29,3)25(28)31/h5-12,16,20,27H,13-15H2,1-4H3/t20-,26-/m0/s1. The van der Waals surface area contributed by atoms with Crippen LogP contribution in [0.25, 0.3) is 10.9 Å². The lowest BCUT2D eigenvalue weighted by molar-refractivity contribution is -0.166. The predicted octanol–water partition coefficient (Wildman–Crippen LogP) is 3.86. The molecule has 5 rings (SSSR count). The van der Waals surface area contributed by atoms with Gasteiger partial charge in [0.15, 0.2) is 5.54 Å². The average molecular weight is 432 g/mol. The lowest BCUT2D eigenvalue weighted by Crippen LogP contribution is -2.67. The van der Waals surface area contributed by atoms with E-state index in [0.717, 1.165) is 33.5 Å². The number of methoxy groups -OCH3 is 1. The molecule has 0 radical (unpaired) electrons. The number of ether oxygens (including phenoxy) is 1. The van der Waals surface area contributed by atoms with Gasteiger partial charge in [-0.05, 0) is 42.2 Å². The van der Waals surface area contributed by atoms with Crippen molar-refractivity contribution in [2.24, 2.45) is 5.92 Å². The summed E-state index contributed by atoms with van der Waals surface area (Å²) in [4.78, 5) is 34.3. The maximum Gasteiger partial charge on any atom is 0.254 e. The quantitative estimate of drug-likeness (QED) is 0.682. The van der Waals surface area contributed by atoms with E-state index in [-0.39, 0.29) is 24.3 Å². The zero-order valence-electron chi connectivity index (χ0n) is 19.0. The Bertz CT molecular complexity index is 1200. The molecule has 2 atom stereocenters. The molecular formula is C26H29N3O3. The molecule has 0 saturated carbocycles. The van der Waals surface area contributed by atoms with Gasteiger partial charge in [-0.15, -0.1) is 0 Å². The summed E-state index contributed by atoms with van der Waals surface area (Å²) in [7, 11) is 1.65. The molecule has 2 aromatic carbocycles. The van der Waals surface area contributed by atoms with Gasteiger partial charge in [0.2, 0.25) is 5.91 Å². The maximum absolute atomic E-state index is 13.8. The minimum atomic E-state index is -1.04. The molecule has 1 N–H and O–H groups in total. The Kier molecular flexibility index (Phi) is 4.77. The number of hydrogen-bond donors (Lipinski definition) is 1. The molecule has 3 heterocycles. The van der Waals surface area contributed by atoms with Crippen LogP contribution in [0.1, 0.15) is 43.5 Å². The summed E-state index contributed by atoms with van der Waals surface area (Å²) in [5.74, 6) is 1.04. The summed E-state index contributed by atoms with van der Waals surface area (Å²) in [5.41, 5.74) is 2.99. The second-order valence-electron chi connectivity index (χ2n) is 9.44. The number of benzene rings is 2. The molecule has 1 saturated heterocycles. The monoisotopic (exact) mass is 431 g/mol. The molecule has 6 heteroatoms. The van der Waals surface area contributed by atoms with Crippen molar-refractivity contribution >= 4 is 22.7 Å². The van der Waals surface area contributed by atoms with Crippen LogP contribution in [0, 0.1) is 5.92 Å². The number of carbonyl (C=O) groups excluding carboxylic acids is 2. The van der Waals surface area contributed by atoms with Crippen molar-refractivity contribution in [3.8, 4) is 5.75 Å². The van der Waals surface area contributed by atoms with E-state index in [1.54, 1.807) is 16.9 Å². The fourth-order valence-corrected chi connectivity index (χ4v) is 5.40. The number of nitrogens with one attached hydrogen (secondary N) is 1. The van der Waals surface area contributed by atoms with Crippen LogP contribution in [-0.4, -0.2) is 53.3 Å². The van der Waals surface area contributed by atoms with E-state index < -0.39 is 5.54 Å². The van der Waals surface area contributed by atoms with Crippen LogP contribution < -0.4 is 4.74 Å². The minimum Gasteiger partial charge on any atom is -0.497 e. The van der Waals surface area contributed by atoms with Crippen molar-refractivity contribution in [1.29, 1.82) is 0 Å². The molecule has 1 aromatic heterocycles. The van der Waals surface area contributed by atoms with E-state index in [2.05, 4.69) is 37.0 Å². The Hall–Kier alpha value is -3.28. The molecule has 1 fully saturated rings. The van der Waals surface area contributed by atoms with Gasteiger partial charge in [-0.1, -0.05) is 44.2 Å². The molecule has 166 valence electrons. The fourth-order valence-electron chi connectivity index (χ4n) is 5.40. The Morgan fingerprint density at radius 1 is 1.12 bits per heavy atom. The van der Waals surface area contributed by atoms with Gasteiger partial charge >= 0.3 is 0 Å². The highest BCUT2D eigenvalue weighted by Gasteiger charge is 2.56. The second kappa shape index (κ2) is 7.40. The summed E-state index contributed by atoms with van der Waals surface area (Å²) in [6.45, 7) is 7.22. The van der Waals surface area contributed by atoms with Crippen molar-refractivity contribution < 1.29 is 14.3 Å². The third kappa shape index (κ3) is 2.93. The lowest BCUT2D eigenvalue weighted by atomic mass is 9.76. The van der Waals surface area contributed by atoms with E-state index in [4.69, 9.17) is 4.74 Å². The molecule has 0 bridgehead atoms. The highest BCUT2D eigenvalue weighted by Crippen LogP contribution is 2.48. The van der Waals surface area contributed by atoms with Crippen molar-refractivity contribution in [2.45, 2.75) is 32.2 Å². The zero-order valence-corrected chi connectivity index (χ0v) is 19.0. The maximum atomic E-state index is 13.8. The first-order valence-electron chi connectivity index (χ1n) is 11.2. The van der Waals surface area contributed by atoms with Gasteiger partial charge < -0.3 is 19.5 Å². The number of H-pyrrole nitrogens is 1. The number of amides is 2. The number of nitrogens with zero attached hydrogens (tertiary/aromatic N) is 2. The third-order valence-corrected chi connectivity index (χ3v) is 6.92. The molecule has 0 spiro atoms. The SMILES string of the molecule is COc1ccc([C@@H]2CN3C(=O)CN(CC(C)C)C(=O)[C@]3(C)c3[nH]c4ccccc4c32)cc1. The average Bonchev–Trinajstić information content (AvgIpc) is 3.18. The van der Waals surface area contributed by atoms with Crippen molar-refractivity contribution in [3.05, 3.63) is 65.4 Å². The normalized spacial score (nSPS) is 23.0. The molecule has 0 unspecified atom stereocenters. The lowest BCUT2D eigenvalue weighted by Gasteiger charge is -2.51. The van der Waals surface area contributed by atoms with Crippen molar-refractivity contribution in [1.82, 2.24) is 14.8 Å². The van der Waals surface area contributed by atoms with Crippen molar-refractivity contribution in [3.63, 3.8) is 0 Å². The van der Waals surface area contributed by atoms with Gasteiger partial charge in [0.05, 0.1) is 19.3 Å². The Balaban J connectivity index is 1.71. The Morgan fingerprint density at radius 3 is 2.53 bits per heavy atom. The van der Waals surface area contributed by atoms with E-state index in [1.807, 2.05) is 37.3 Å². The first-order chi connectivity index (χ1) is 15.3. The highest BCUT2D eigenvalue weighted by molar-refractivity contribution is 6.01. The molecule has 32 heavy (non-hydrogen) atoms. The molecule has 0 aliphatic carbocycles. The summed E-state index contributed by atoms with van der Waals surface area (Å²) in [5, 5.41) is 1.10. The van der Waals surface area contributed by atoms with Gasteiger partial charge in [0.1, 0.15) is 5.75 Å². The molecule has 2 amide bonds. The highest BCUT2D eigenvalue weighted by atomic mass is 16.5. The van der Waals surface area contributed by atoms with Crippen LogP contribution in [0.3, 0.4) is 0 Å². The third-order valence-electron chi connectivity index (χ3n) is 6.92. The van der Waals surface area contributed by atoms with Gasteiger partial charge in [-0.3, -0.25) is 9.59 Å². The summed E-state index contributed by atoms with van der Waals surface area (Å²) < 4.78 is 5.34. The largest absolute Gasteiger partial charge is 0.497 e. The number of aromatic amines is 1. The number of aromatic nitrogens is 1. The van der Waals surface area contributed by atoms with Crippen LogP contribution >= 0.6 is 0 Å². The number of carbonyl (C=O) groups is 2. The van der Waals surface area contributed by atoms with Crippen LogP contribution in [0.5, 0.6) is 5.75 Å². The number of rotatable bonds is 4.